The summed E-state index contributed by atoms with van der Waals surface area (Å²) in [5.74, 6) is -2.35. The fourth-order valence-corrected chi connectivity index (χ4v) is 7.09. The Hall–Kier alpha value is -4.35. The van der Waals surface area contributed by atoms with Crippen molar-refractivity contribution < 1.29 is 64.9 Å². The van der Waals surface area contributed by atoms with Gasteiger partial charge in [-0.25, -0.2) is 19.6 Å². The maximum Gasteiger partial charge on any atom is 0.305 e. The number of hydrogen-bond acceptors (Lipinski definition) is 12. The fourth-order valence-electron chi connectivity index (χ4n) is 4.85. The van der Waals surface area contributed by atoms with Crippen LogP contribution >= 0.6 is 7.92 Å². The van der Waals surface area contributed by atoms with Gasteiger partial charge in [-0.2, -0.15) is 0 Å². The SMILES string of the molecule is CC(CC(=O)O)NC(=O)c1ccc(P(c2ccc(C(=O)NC(CCOO)COO)cc2)c2ccc(C(=O)NC(CCOO)COO)cc2)cc1. The van der Waals surface area contributed by atoms with Gasteiger partial charge in [0.1, 0.15) is 13.2 Å². The highest BCUT2D eigenvalue weighted by Gasteiger charge is 2.21. The number of amides is 3. The molecule has 0 fully saturated rings. The molecule has 17 heteroatoms. The van der Waals surface area contributed by atoms with Crippen LogP contribution in [0.15, 0.2) is 72.8 Å². The predicted octanol–water partition coefficient (Wildman–Crippen LogP) is 1.97. The van der Waals surface area contributed by atoms with Gasteiger partial charge in [-0.3, -0.25) is 40.2 Å². The van der Waals surface area contributed by atoms with Crippen molar-refractivity contribution in [3.8, 4) is 0 Å². The van der Waals surface area contributed by atoms with Crippen molar-refractivity contribution in [1.29, 1.82) is 0 Å². The van der Waals surface area contributed by atoms with Crippen LogP contribution in [0.25, 0.3) is 0 Å². The Morgan fingerprint density at radius 2 is 0.920 bits per heavy atom. The van der Waals surface area contributed by atoms with Gasteiger partial charge < -0.3 is 21.1 Å². The lowest BCUT2D eigenvalue weighted by Gasteiger charge is -2.21. The van der Waals surface area contributed by atoms with E-state index >= 15 is 0 Å². The zero-order chi connectivity index (χ0) is 36.5. The van der Waals surface area contributed by atoms with Crippen molar-refractivity contribution in [2.75, 3.05) is 26.4 Å². The van der Waals surface area contributed by atoms with E-state index in [1.807, 2.05) is 0 Å². The predicted molar refractivity (Wildman–Crippen MR) is 180 cm³/mol. The summed E-state index contributed by atoms with van der Waals surface area (Å²) in [7, 11) is -1.30. The maximum atomic E-state index is 12.9. The van der Waals surface area contributed by atoms with Gasteiger partial charge >= 0.3 is 5.97 Å². The van der Waals surface area contributed by atoms with Crippen LogP contribution in [0.3, 0.4) is 0 Å². The first-order chi connectivity index (χ1) is 24.1. The average molecular weight is 718 g/mol. The number of carbonyl (C=O) groups excluding carboxylic acids is 3. The molecule has 0 spiro atoms. The first-order valence-corrected chi connectivity index (χ1v) is 16.7. The Morgan fingerprint density at radius 1 is 0.580 bits per heavy atom. The lowest BCUT2D eigenvalue weighted by molar-refractivity contribution is -0.257. The second kappa shape index (κ2) is 21.0. The maximum absolute atomic E-state index is 12.9. The summed E-state index contributed by atoms with van der Waals surface area (Å²) in [6, 6.07) is 18.7. The number of carboxylic acid groups (broad SMARTS) is 1. The van der Waals surface area contributed by atoms with Gasteiger partial charge in [0.25, 0.3) is 17.7 Å². The minimum atomic E-state index is -1.30. The number of hydrogen-bond donors (Lipinski definition) is 8. The molecule has 3 aromatic carbocycles. The highest BCUT2D eigenvalue weighted by molar-refractivity contribution is 7.79. The monoisotopic (exact) mass is 717 g/mol. The molecular formula is C33H40N3O13P. The summed E-state index contributed by atoms with van der Waals surface area (Å²) in [4.78, 5) is 66.1. The number of carbonyl (C=O) groups is 4. The second-order valence-electron chi connectivity index (χ2n) is 11.1. The molecule has 0 aliphatic carbocycles. The van der Waals surface area contributed by atoms with Gasteiger partial charge in [0.05, 0.1) is 31.7 Å². The molecule has 16 nitrogen and oxygen atoms in total. The molecule has 0 bridgehead atoms. The fraction of sp³-hybridized carbons (Fsp3) is 0.333. The standard InChI is InChI=1S/C33H40N3O13P/c1-21(18-30(37)38)34-31(39)22-2-8-27(9-3-22)50(28-10-4-23(5-11-28)32(40)35-25(19-48-44)14-16-46-42)29-12-6-24(7-13-29)33(41)36-26(20-49-45)15-17-47-43/h2-13,21,25-26,42-45H,14-20H2,1H3,(H,34,39)(H,35,40)(H,36,41)(H,37,38). The number of aliphatic carboxylic acids is 1. The smallest absolute Gasteiger partial charge is 0.305 e. The van der Waals surface area contributed by atoms with E-state index in [2.05, 4.69) is 35.5 Å². The van der Waals surface area contributed by atoms with Gasteiger partial charge in [-0.15, -0.1) is 0 Å². The molecule has 0 heterocycles. The van der Waals surface area contributed by atoms with E-state index in [-0.39, 0.29) is 45.7 Å². The molecule has 8 N–H and O–H groups in total. The van der Waals surface area contributed by atoms with E-state index < -0.39 is 49.7 Å². The van der Waals surface area contributed by atoms with Gasteiger partial charge in [-0.05, 0) is 80.0 Å². The Morgan fingerprint density at radius 3 is 1.22 bits per heavy atom. The molecular weight excluding hydrogens is 677 g/mol. The van der Waals surface area contributed by atoms with Crippen LogP contribution in [0, 0.1) is 0 Å². The molecule has 0 saturated heterocycles. The average Bonchev–Trinajstić information content (AvgIpc) is 3.10. The molecule has 0 radical (unpaired) electrons. The molecule has 3 rings (SSSR count). The molecule has 3 unspecified atom stereocenters. The molecule has 0 saturated carbocycles. The van der Waals surface area contributed by atoms with Crippen LogP contribution in [0.5, 0.6) is 0 Å². The molecule has 3 amide bonds. The molecule has 0 aliphatic heterocycles. The third-order valence-electron chi connectivity index (χ3n) is 7.36. The molecule has 0 aliphatic rings. The Balaban J connectivity index is 1.91. The summed E-state index contributed by atoms with van der Waals surface area (Å²) in [5, 5.41) is 54.6. The van der Waals surface area contributed by atoms with Crippen LogP contribution in [-0.4, -0.2) is 94.4 Å². The van der Waals surface area contributed by atoms with Crippen molar-refractivity contribution in [2.24, 2.45) is 0 Å². The molecule has 0 aromatic heterocycles. The normalized spacial score (nSPS) is 13.5. The van der Waals surface area contributed by atoms with E-state index in [0.717, 1.165) is 15.9 Å². The second-order valence-corrected chi connectivity index (χ2v) is 13.3. The van der Waals surface area contributed by atoms with Crippen LogP contribution < -0.4 is 31.9 Å². The van der Waals surface area contributed by atoms with Crippen molar-refractivity contribution in [3.05, 3.63) is 89.5 Å². The Labute approximate surface area is 288 Å². The number of carboxylic acids is 1. The van der Waals surface area contributed by atoms with E-state index in [0.29, 0.717) is 16.7 Å². The van der Waals surface area contributed by atoms with Crippen molar-refractivity contribution in [3.63, 3.8) is 0 Å². The third-order valence-corrected chi connectivity index (χ3v) is 9.80. The summed E-state index contributed by atoms with van der Waals surface area (Å²) >= 11 is 0. The summed E-state index contributed by atoms with van der Waals surface area (Å²) in [5.41, 5.74) is 0.971. The lowest BCUT2D eigenvalue weighted by atomic mass is 10.1. The highest BCUT2D eigenvalue weighted by atomic mass is 31.1. The minimum absolute atomic E-state index is 0.0872. The van der Waals surface area contributed by atoms with Gasteiger partial charge in [0, 0.05) is 22.7 Å². The third kappa shape index (κ3) is 12.5. The first kappa shape index (κ1) is 40.1. The number of benzene rings is 3. The summed E-state index contributed by atoms with van der Waals surface area (Å²) in [6.07, 6.45) is 0.135. The topological polar surface area (TPSA) is 242 Å². The largest absolute Gasteiger partial charge is 0.481 e. The van der Waals surface area contributed by atoms with Crippen molar-refractivity contribution >= 4 is 47.5 Å². The zero-order valence-electron chi connectivity index (χ0n) is 27.1. The van der Waals surface area contributed by atoms with Crippen molar-refractivity contribution in [1.82, 2.24) is 16.0 Å². The zero-order valence-corrected chi connectivity index (χ0v) is 28.0. The lowest BCUT2D eigenvalue weighted by Crippen LogP contribution is -2.39. The van der Waals surface area contributed by atoms with E-state index in [9.17, 15) is 19.2 Å². The first-order valence-electron chi connectivity index (χ1n) is 15.4. The number of nitrogens with one attached hydrogen (secondary N) is 3. The van der Waals surface area contributed by atoms with E-state index in [4.69, 9.17) is 26.1 Å². The van der Waals surface area contributed by atoms with Gasteiger partial charge in [0.15, 0.2) is 0 Å². The van der Waals surface area contributed by atoms with E-state index in [1.54, 1.807) is 79.7 Å². The van der Waals surface area contributed by atoms with Crippen LogP contribution in [0.2, 0.25) is 0 Å². The molecule has 3 atom stereocenters. The minimum Gasteiger partial charge on any atom is -0.481 e. The van der Waals surface area contributed by atoms with Crippen LogP contribution in [-0.2, 0) is 24.3 Å². The molecule has 270 valence electrons. The van der Waals surface area contributed by atoms with Gasteiger partial charge in [0.2, 0.25) is 0 Å². The molecule has 50 heavy (non-hydrogen) atoms. The Bertz CT molecular complexity index is 1450. The van der Waals surface area contributed by atoms with Crippen LogP contribution in [0.4, 0.5) is 0 Å². The summed E-state index contributed by atoms with van der Waals surface area (Å²) < 4.78 is 0. The Kier molecular flexibility index (Phi) is 16.8. The summed E-state index contributed by atoms with van der Waals surface area (Å²) in [6.45, 7) is 0.992. The highest BCUT2D eigenvalue weighted by Crippen LogP contribution is 2.33. The van der Waals surface area contributed by atoms with Gasteiger partial charge in [-0.1, -0.05) is 36.4 Å². The number of rotatable bonds is 21. The van der Waals surface area contributed by atoms with E-state index in [1.165, 1.54) is 0 Å². The quantitative estimate of drug-likeness (QED) is 0.0447. The van der Waals surface area contributed by atoms with Crippen LogP contribution in [0.1, 0.15) is 57.3 Å². The van der Waals surface area contributed by atoms with Crippen molar-refractivity contribution in [2.45, 2.75) is 44.3 Å². The molecule has 3 aromatic rings.